The van der Waals surface area contributed by atoms with Crippen molar-refractivity contribution in [3.63, 3.8) is 0 Å². The minimum absolute atomic E-state index is 0.116. The molecule has 5 nitrogen and oxygen atoms in total. The molecular weight excluding hydrogens is 364 g/mol. The van der Waals surface area contributed by atoms with Crippen molar-refractivity contribution in [3.05, 3.63) is 59.2 Å². The summed E-state index contributed by atoms with van der Waals surface area (Å²) in [5.41, 5.74) is 1.99. The van der Waals surface area contributed by atoms with Crippen LogP contribution in [0.25, 0.3) is 0 Å². The highest BCUT2D eigenvalue weighted by Gasteiger charge is 2.67. The minimum Gasteiger partial charge on any atom is -0.504 e. The van der Waals surface area contributed by atoms with Crippen molar-refractivity contribution >= 4 is 0 Å². The Morgan fingerprint density at radius 3 is 2.76 bits per heavy atom. The number of aromatic hydroxyl groups is 1. The van der Waals surface area contributed by atoms with E-state index in [0.717, 1.165) is 43.5 Å². The first-order chi connectivity index (χ1) is 13.9. The predicted octanol–water partition coefficient (Wildman–Crippen LogP) is 2.72. The molecule has 0 radical (unpaired) electrons. The Morgan fingerprint density at radius 2 is 1.97 bits per heavy atom. The molecule has 2 heterocycles. The summed E-state index contributed by atoms with van der Waals surface area (Å²) in [5.74, 6) is 0.754. The van der Waals surface area contributed by atoms with Gasteiger partial charge in [0.15, 0.2) is 11.5 Å². The molecule has 154 valence electrons. The van der Waals surface area contributed by atoms with E-state index in [-0.39, 0.29) is 17.9 Å². The Labute approximate surface area is 172 Å². The number of nitrogens with one attached hydrogen (secondary N) is 1. The van der Waals surface area contributed by atoms with Crippen LogP contribution in [0, 0.1) is 6.92 Å². The topological polar surface area (TPSA) is 65.0 Å². The molecule has 1 spiro atoms. The highest BCUT2D eigenvalue weighted by atomic mass is 16.5. The van der Waals surface area contributed by atoms with Crippen LogP contribution in [0.1, 0.15) is 36.0 Å². The fourth-order valence-electron chi connectivity index (χ4n) is 6.07. The number of β-amino-alcohol motifs (C(OH)–C–C–N with tert-alkyl or cyclic N) is 1. The molecule has 0 bridgehead atoms. The summed E-state index contributed by atoms with van der Waals surface area (Å²) in [6, 6.07) is 14.2. The predicted molar refractivity (Wildman–Crippen MR) is 112 cm³/mol. The third kappa shape index (κ3) is 2.71. The van der Waals surface area contributed by atoms with Crippen LogP contribution >= 0.6 is 0 Å². The van der Waals surface area contributed by atoms with Crippen LogP contribution in [0.3, 0.4) is 0 Å². The third-order valence-electron chi connectivity index (χ3n) is 7.42. The minimum atomic E-state index is -0.862. The highest BCUT2D eigenvalue weighted by molar-refractivity contribution is 5.59. The summed E-state index contributed by atoms with van der Waals surface area (Å²) < 4.78 is 6.49. The fourth-order valence-corrected chi connectivity index (χ4v) is 6.07. The maximum absolute atomic E-state index is 12.0. The summed E-state index contributed by atoms with van der Waals surface area (Å²) in [5, 5.41) is 26.2. The zero-order valence-corrected chi connectivity index (χ0v) is 17.2. The lowest BCUT2D eigenvalue weighted by molar-refractivity contribution is -0.151. The maximum atomic E-state index is 12.0. The van der Waals surface area contributed by atoms with E-state index < -0.39 is 11.0 Å². The van der Waals surface area contributed by atoms with Crippen LogP contribution in [0.5, 0.6) is 11.5 Å². The number of rotatable bonds is 3. The molecule has 3 unspecified atom stereocenters. The number of phenolic OH excluding ortho intramolecular Hbond substituents is 1. The molecule has 3 N–H and O–H groups in total. The number of aliphatic hydroxyl groups is 1. The third-order valence-corrected chi connectivity index (χ3v) is 7.42. The highest BCUT2D eigenvalue weighted by Crippen LogP contribution is 2.61. The molecule has 2 aromatic rings. The van der Waals surface area contributed by atoms with Crippen molar-refractivity contribution in [3.8, 4) is 11.5 Å². The lowest BCUT2D eigenvalue weighted by Crippen LogP contribution is -2.72. The molecule has 0 aromatic heterocycles. The van der Waals surface area contributed by atoms with Gasteiger partial charge < -0.3 is 25.2 Å². The van der Waals surface area contributed by atoms with Crippen molar-refractivity contribution in [2.45, 2.75) is 55.9 Å². The van der Waals surface area contributed by atoms with Crippen LogP contribution in [0.2, 0.25) is 0 Å². The molecule has 0 amide bonds. The van der Waals surface area contributed by atoms with Gasteiger partial charge in [-0.1, -0.05) is 36.4 Å². The Morgan fingerprint density at radius 1 is 1.17 bits per heavy atom. The van der Waals surface area contributed by atoms with E-state index in [1.54, 1.807) is 6.07 Å². The first-order valence-electron chi connectivity index (χ1n) is 10.6. The molecule has 2 aliphatic heterocycles. The summed E-state index contributed by atoms with van der Waals surface area (Å²) in [6.45, 7) is 4.37. The average molecular weight is 395 g/mol. The van der Waals surface area contributed by atoms with E-state index in [9.17, 15) is 10.2 Å². The van der Waals surface area contributed by atoms with Crippen LogP contribution in [-0.4, -0.2) is 53.0 Å². The second kappa shape index (κ2) is 6.73. The van der Waals surface area contributed by atoms with E-state index in [1.165, 1.54) is 5.56 Å². The van der Waals surface area contributed by atoms with Crippen LogP contribution in [0.4, 0.5) is 0 Å². The van der Waals surface area contributed by atoms with Gasteiger partial charge in [0.25, 0.3) is 0 Å². The molecule has 1 saturated heterocycles. The van der Waals surface area contributed by atoms with Gasteiger partial charge in [0.1, 0.15) is 6.10 Å². The molecule has 5 heteroatoms. The van der Waals surface area contributed by atoms with Crippen LogP contribution < -0.4 is 10.1 Å². The number of benzene rings is 2. The lowest BCUT2D eigenvalue weighted by Gasteiger charge is -2.58. The molecule has 29 heavy (non-hydrogen) atoms. The number of likely N-dealkylation sites (N-methyl/N-ethyl adjacent to an activating group) is 1. The van der Waals surface area contributed by atoms with Gasteiger partial charge in [0, 0.05) is 24.7 Å². The van der Waals surface area contributed by atoms with Gasteiger partial charge in [0.05, 0.1) is 11.0 Å². The molecule has 1 aliphatic carbocycles. The van der Waals surface area contributed by atoms with E-state index in [1.807, 2.05) is 12.1 Å². The number of fused-ring (bicyclic) bond motifs is 1. The number of hydrogen-bond donors (Lipinski definition) is 3. The molecular formula is C24H30N2O3. The summed E-state index contributed by atoms with van der Waals surface area (Å²) in [4.78, 5) is 2.22. The number of piperidine rings is 1. The average Bonchev–Trinajstić information content (AvgIpc) is 3.08. The van der Waals surface area contributed by atoms with Gasteiger partial charge in [-0.05, 0) is 57.0 Å². The van der Waals surface area contributed by atoms with E-state index in [2.05, 4.69) is 48.5 Å². The van der Waals surface area contributed by atoms with Crippen molar-refractivity contribution in [1.82, 2.24) is 10.2 Å². The van der Waals surface area contributed by atoms with Gasteiger partial charge in [-0.25, -0.2) is 0 Å². The van der Waals surface area contributed by atoms with Gasteiger partial charge in [-0.15, -0.1) is 0 Å². The summed E-state index contributed by atoms with van der Waals surface area (Å²) in [7, 11) is 2.08. The monoisotopic (exact) mass is 394 g/mol. The maximum Gasteiger partial charge on any atom is 0.165 e. The Balaban J connectivity index is 1.56. The summed E-state index contributed by atoms with van der Waals surface area (Å²) in [6.07, 6.45) is 2.20. The Hall–Kier alpha value is -2.08. The van der Waals surface area contributed by atoms with Crippen molar-refractivity contribution in [2.24, 2.45) is 0 Å². The van der Waals surface area contributed by atoms with Crippen molar-refractivity contribution in [1.29, 1.82) is 0 Å². The first kappa shape index (κ1) is 18.9. The quantitative estimate of drug-likeness (QED) is 0.747. The van der Waals surface area contributed by atoms with Crippen molar-refractivity contribution < 1.29 is 14.9 Å². The van der Waals surface area contributed by atoms with Crippen LogP contribution in [-0.2, 0) is 12.0 Å². The van der Waals surface area contributed by atoms with E-state index >= 15 is 0 Å². The zero-order chi connectivity index (χ0) is 20.2. The van der Waals surface area contributed by atoms with E-state index in [0.29, 0.717) is 12.3 Å². The number of nitrogens with zero attached hydrogens (tertiary/aromatic N) is 1. The van der Waals surface area contributed by atoms with Gasteiger partial charge >= 0.3 is 0 Å². The fraction of sp³-hybridized carbons (Fsp3) is 0.500. The Kier molecular flexibility index (Phi) is 4.39. The van der Waals surface area contributed by atoms with Gasteiger partial charge in [-0.2, -0.15) is 0 Å². The standard InChI is InChI=1S/C24H30N2O3/c1-16-8-9-19(27)21-20(16)24-12-13-26(2)15-23(24,28)11-10-18(22(24)29-21)25-14-17-6-4-3-5-7-17/h3-9,18,22,25,27-28H,10-15H2,1-2H3/t18-,22?,23?,24?/m0/s1. The molecule has 4 atom stereocenters. The van der Waals surface area contributed by atoms with Gasteiger partial charge in [-0.3, -0.25) is 0 Å². The Bertz CT molecular complexity index is 918. The number of ether oxygens (including phenoxy) is 1. The summed E-state index contributed by atoms with van der Waals surface area (Å²) >= 11 is 0. The zero-order valence-electron chi connectivity index (χ0n) is 17.2. The molecule has 2 fully saturated rings. The normalized spacial score (nSPS) is 33.5. The largest absolute Gasteiger partial charge is 0.504 e. The van der Waals surface area contributed by atoms with Crippen LogP contribution in [0.15, 0.2) is 42.5 Å². The van der Waals surface area contributed by atoms with Crippen molar-refractivity contribution in [2.75, 3.05) is 20.1 Å². The van der Waals surface area contributed by atoms with E-state index in [4.69, 9.17) is 4.74 Å². The number of phenols is 1. The second-order valence-corrected chi connectivity index (χ2v) is 9.15. The smallest absolute Gasteiger partial charge is 0.165 e. The lowest BCUT2D eigenvalue weighted by atomic mass is 9.54. The van der Waals surface area contributed by atoms with Gasteiger partial charge in [0.2, 0.25) is 0 Å². The first-order valence-corrected chi connectivity index (χ1v) is 10.6. The molecule has 5 rings (SSSR count). The number of aryl methyl sites for hydroxylation is 1. The SMILES string of the molecule is Cc1ccc(O)c2c1C13CCN(C)CC1(O)CC[C@H](NCc1ccccc1)C3O2. The molecule has 2 aromatic carbocycles. The number of hydrogen-bond acceptors (Lipinski definition) is 5. The molecule has 3 aliphatic rings. The number of likely N-dealkylation sites (tertiary alicyclic amines) is 1. The molecule has 1 saturated carbocycles. The second-order valence-electron chi connectivity index (χ2n) is 9.15.